The number of nitrogens with zero attached hydrogens (tertiary/aromatic N) is 12. The van der Waals surface area contributed by atoms with E-state index in [1.54, 1.807) is 0 Å². The van der Waals surface area contributed by atoms with Gasteiger partial charge in [-0.1, -0.05) is 23.3 Å². The van der Waals surface area contributed by atoms with Crippen molar-refractivity contribution < 1.29 is 0 Å². The molecule has 0 fully saturated rings. The van der Waals surface area contributed by atoms with E-state index in [2.05, 4.69) is 274 Å². The van der Waals surface area contributed by atoms with E-state index in [1.165, 1.54) is 106 Å². The predicted octanol–water partition coefficient (Wildman–Crippen LogP) is 5.79. The maximum Gasteiger partial charge on any atom is 0.183 e. The fourth-order valence-electron chi connectivity index (χ4n) is 10.6. The molecule has 13 heteroatoms. The average Bonchev–Trinajstić information content (AvgIpc) is 3.37. The minimum absolute atomic E-state index is 0.157. The summed E-state index contributed by atoms with van der Waals surface area (Å²) in [7, 11) is 49.6. The van der Waals surface area contributed by atoms with Crippen LogP contribution in [0.4, 0.5) is 68.2 Å². The Balaban J connectivity index is 2.89. The topological polar surface area (TPSA) is 38.9 Å². The molecule has 0 N–H and O–H groups in total. The van der Waals surface area contributed by atoms with Crippen molar-refractivity contribution in [1.82, 2.24) is 0 Å². The number of hydrogen-bond acceptors (Lipinski definition) is 12. The molecule has 4 rings (SSSR count). The molecule has 0 saturated carbocycles. The van der Waals surface area contributed by atoms with E-state index in [1.807, 2.05) is 0 Å². The lowest BCUT2D eigenvalue weighted by molar-refractivity contribution is 0.851. The van der Waals surface area contributed by atoms with Crippen LogP contribution in [-0.4, -0.2) is 177 Å². The van der Waals surface area contributed by atoms with Crippen LogP contribution in [0.15, 0.2) is 40.1 Å². The third-order valence-electron chi connectivity index (χ3n) is 13.4. The van der Waals surface area contributed by atoms with Gasteiger partial charge >= 0.3 is 0 Å². The van der Waals surface area contributed by atoms with Gasteiger partial charge in [0.1, 0.15) is 0 Å². The second-order valence-electron chi connectivity index (χ2n) is 20.5. The van der Waals surface area contributed by atoms with Crippen LogP contribution >= 0.6 is 0 Å². The molecule has 1 aliphatic rings. The van der Waals surface area contributed by atoms with Gasteiger partial charge in [0.2, 0.25) is 0 Å². The van der Waals surface area contributed by atoms with E-state index in [0.29, 0.717) is 0 Å². The Morgan fingerprint density at radius 3 is 0.672 bits per heavy atom. The first-order valence-electron chi connectivity index (χ1n) is 22.6. The molecule has 0 amide bonds. The molecule has 356 valence electrons. The van der Waals surface area contributed by atoms with Gasteiger partial charge in [0.25, 0.3) is 0 Å². The smallest absolute Gasteiger partial charge is 0.183 e. The van der Waals surface area contributed by atoms with Gasteiger partial charge in [-0.05, 0) is 66.0 Å². The second kappa shape index (κ2) is 18.8. The number of rotatable bonds is 16. The zero-order valence-electron chi connectivity index (χ0n) is 45.7. The number of allylic oxidation sites excluding steroid dienone is 4. The highest BCUT2D eigenvalue weighted by Gasteiger charge is 2.55. The summed E-state index contributed by atoms with van der Waals surface area (Å²) in [5.41, 5.74) is 18.7. The standard InChI is InChI=1S/C51H88N12Si/c1-32-33(2)35(4)51(34(32)3)64(39-29-36(52(5)6)42(55(11)12)48(61(23)24)45(39)58(17)18,40-30-37(53(7)8)43(56(13)14)49(62(25)26)46(40)59(19)20)41-31-38(54(9)10)44(57(15)16)50(63(27)28)47(41)60(21)22/h29-31,34H,1-28H3. The predicted molar refractivity (Wildman–Crippen MR) is 296 cm³/mol. The number of anilines is 12. The molecular weight excluding hydrogens is 809 g/mol. The lowest BCUT2D eigenvalue weighted by Gasteiger charge is -2.47. The molecule has 1 aliphatic carbocycles. The molecule has 3 aromatic rings. The van der Waals surface area contributed by atoms with Gasteiger partial charge in [-0.3, -0.25) is 0 Å². The number of hydrogen-bond donors (Lipinski definition) is 0. The lowest BCUT2D eigenvalue weighted by Crippen LogP contribution is -2.72. The molecule has 0 spiro atoms. The molecule has 3 aromatic carbocycles. The van der Waals surface area contributed by atoms with Gasteiger partial charge < -0.3 is 58.8 Å². The summed E-state index contributed by atoms with van der Waals surface area (Å²) >= 11 is 0. The minimum atomic E-state index is -3.66. The van der Waals surface area contributed by atoms with E-state index in [9.17, 15) is 0 Å². The molecule has 0 bridgehead atoms. The van der Waals surface area contributed by atoms with Gasteiger partial charge in [-0.2, -0.15) is 0 Å². The van der Waals surface area contributed by atoms with Gasteiger partial charge in [0.15, 0.2) is 8.07 Å². The largest absolute Gasteiger partial charge is 0.376 e. The Hall–Kier alpha value is -5.04. The van der Waals surface area contributed by atoms with E-state index >= 15 is 0 Å². The Morgan fingerprint density at radius 1 is 0.297 bits per heavy atom. The molecule has 0 radical (unpaired) electrons. The molecule has 0 aromatic heterocycles. The number of benzene rings is 3. The fourth-order valence-corrected chi connectivity index (χ4v) is 17.1. The van der Waals surface area contributed by atoms with E-state index in [0.717, 1.165) is 0 Å². The zero-order chi connectivity index (χ0) is 49.1. The quantitative estimate of drug-likeness (QED) is 0.129. The first-order chi connectivity index (χ1) is 29.4. The van der Waals surface area contributed by atoms with Crippen LogP contribution < -0.4 is 74.4 Å². The van der Waals surface area contributed by atoms with Gasteiger partial charge in [0.05, 0.1) is 68.2 Å². The summed E-state index contributed by atoms with van der Waals surface area (Å²) in [4.78, 5) is 28.2. The summed E-state index contributed by atoms with van der Waals surface area (Å²) in [6, 6.07) is 7.81. The zero-order valence-corrected chi connectivity index (χ0v) is 46.7. The van der Waals surface area contributed by atoms with Crippen LogP contribution in [0.3, 0.4) is 0 Å². The highest BCUT2D eigenvalue weighted by Crippen LogP contribution is 2.52. The van der Waals surface area contributed by atoms with E-state index < -0.39 is 8.07 Å². The molecular formula is C51H88N12Si. The molecule has 0 aliphatic heterocycles. The van der Waals surface area contributed by atoms with Crippen LogP contribution in [0.1, 0.15) is 27.7 Å². The van der Waals surface area contributed by atoms with E-state index in [4.69, 9.17) is 0 Å². The van der Waals surface area contributed by atoms with Crippen LogP contribution in [-0.2, 0) is 0 Å². The first kappa shape index (κ1) is 51.6. The van der Waals surface area contributed by atoms with Crippen molar-refractivity contribution in [3.8, 4) is 0 Å². The van der Waals surface area contributed by atoms with Crippen molar-refractivity contribution in [2.24, 2.45) is 5.92 Å². The lowest BCUT2D eigenvalue weighted by atomic mass is 10.1. The third-order valence-corrected chi connectivity index (χ3v) is 18.6. The van der Waals surface area contributed by atoms with Crippen molar-refractivity contribution in [3.05, 3.63) is 40.1 Å². The fraction of sp³-hybridized carbons (Fsp3) is 0.569. The Bertz CT molecular complexity index is 2060. The van der Waals surface area contributed by atoms with Crippen molar-refractivity contribution in [1.29, 1.82) is 0 Å². The highest BCUT2D eigenvalue weighted by molar-refractivity contribution is 7.18. The molecule has 0 heterocycles. The van der Waals surface area contributed by atoms with Crippen LogP contribution in [0.5, 0.6) is 0 Å². The van der Waals surface area contributed by atoms with Crippen molar-refractivity contribution >= 4 is 91.9 Å². The summed E-state index contributed by atoms with van der Waals surface area (Å²) < 4.78 is 0. The van der Waals surface area contributed by atoms with Gasteiger partial charge in [-0.25, -0.2) is 0 Å². The summed E-state index contributed by atoms with van der Waals surface area (Å²) in [5, 5.41) is 5.63. The average molecular weight is 897 g/mol. The molecule has 1 atom stereocenters. The normalized spacial score (nSPS) is 14.0. The molecule has 12 nitrogen and oxygen atoms in total. The third kappa shape index (κ3) is 8.26. The summed E-state index contributed by atoms with van der Waals surface area (Å²) in [5.74, 6) is 0.157. The SMILES string of the molecule is CC1=C(C)C(C)C([Si](c2cc(N(C)C)c(N(C)C)c(N(C)C)c2N(C)C)(c2cc(N(C)C)c(N(C)C)c(N(C)C)c2N(C)C)c2cc(N(C)C)c(N(C)C)c(N(C)C)c2N(C)C)=C1C. The van der Waals surface area contributed by atoms with Crippen molar-refractivity contribution in [2.45, 2.75) is 27.7 Å². The Morgan fingerprint density at radius 2 is 0.516 bits per heavy atom. The van der Waals surface area contributed by atoms with Crippen LogP contribution in [0, 0.1) is 5.92 Å². The maximum atomic E-state index is 2.60. The molecule has 0 saturated heterocycles. The second-order valence-corrected chi connectivity index (χ2v) is 24.2. The van der Waals surface area contributed by atoms with E-state index in [-0.39, 0.29) is 5.92 Å². The van der Waals surface area contributed by atoms with Crippen LogP contribution in [0.25, 0.3) is 0 Å². The van der Waals surface area contributed by atoms with Crippen molar-refractivity contribution in [2.75, 3.05) is 228 Å². The minimum Gasteiger partial charge on any atom is -0.376 e. The monoisotopic (exact) mass is 897 g/mol. The van der Waals surface area contributed by atoms with Gasteiger partial charge in [0, 0.05) is 169 Å². The van der Waals surface area contributed by atoms with Gasteiger partial charge in [-0.15, -0.1) is 0 Å². The summed E-state index contributed by atoms with van der Waals surface area (Å²) in [6.45, 7) is 9.66. The maximum absolute atomic E-state index is 3.66. The summed E-state index contributed by atoms with van der Waals surface area (Å²) in [6.07, 6.45) is 0. The first-order valence-corrected chi connectivity index (χ1v) is 24.6. The van der Waals surface area contributed by atoms with Crippen LogP contribution in [0.2, 0.25) is 0 Å². The Labute approximate surface area is 392 Å². The van der Waals surface area contributed by atoms with Crippen molar-refractivity contribution in [3.63, 3.8) is 0 Å². The molecule has 64 heavy (non-hydrogen) atoms. The highest BCUT2D eigenvalue weighted by atomic mass is 28.3. The molecule has 1 unspecified atom stereocenters. The Kier molecular flexibility index (Phi) is 15.2.